The Balaban J connectivity index is 2.48. The van der Waals surface area contributed by atoms with E-state index in [0.29, 0.717) is 5.56 Å². The summed E-state index contributed by atoms with van der Waals surface area (Å²) < 4.78 is 13.0. The number of hydrogen-bond acceptors (Lipinski definition) is 2. The summed E-state index contributed by atoms with van der Waals surface area (Å²) in [6.07, 6.45) is 0.878. The summed E-state index contributed by atoms with van der Waals surface area (Å²) in [6, 6.07) is 5.02. The van der Waals surface area contributed by atoms with E-state index in [-0.39, 0.29) is 11.4 Å². The van der Waals surface area contributed by atoms with E-state index >= 15 is 0 Å². The number of anilines is 1. The molecule has 84 valence electrons. The second-order valence-corrected chi connectivity index (χ2v) is 4.63. The lowest BCUT2D eigenvalue weighted by molar-refractivity contribution is 0.491. The molecule has 0 aliphatic heterocycles. The topological polar surface area (TPSA) is 38.0 Å². The molecule has 1 rings (SSSR count). The molecule has 0 saturated carbocycles. The van der Waals surface area contributed by atoms with Crippen molar-refractivity contribution in [2.75, 3.05) is 11.9 Å². The predicted octanol–water partition coefficient (Wildman–Crippen LogP) is 2.67. The van der Waals surface area contributed by atoms with E-state index in [0.717, 1.165) is 18.7 Å². The second kappa shape index (κ2) is 4.62. The van der Waals surface area contributed by atoms with Crippen LogP contribution in [0.25, 0.3) is 0 Å². The van der Waals surface area contributed by atoms with Crippen LogP contribution in [0.1, 0.15) is 25.8 Å². The molecule has 0 unspecified atom stereocenters. The van der Waals surface area contributed by atoms with Crippen LogP contribution >= 0.6 is 0 Å². The Morgan fingerprint density at radius 2 is 2.07 bits per heavy atom. The molecule has 0 aliphatic rings. The predicted molar refractivity (Wildman–Crippen MR) is 62.5 cm³/mol. The Bertz CT molecular complexity index is 329. The fourth-order valence-corrected chi connectivity index (χ4v) is 1.28. The Morgan fingerprint density at radius 1 is 1.40 bits per heavy atom. The van der Waals surface area contributed by atoms with Crippen molar-refractivity contribution < 1.29 is 4.39 Å². The van der Waals surface area contributed by atoms with Crippen molar-refractivity contribution in [1.82, 2.24) is 0 Å². The SMILES string of the molecule is Cc1cc(NCCC(C)(C)N)ccc1F. The molecule has 0 amide bonds. The van der Waals surface area contributed by atoms with Crippen molar-refractivity contribution in [1.29, 1.82) is 0 Å². The van der Waals surface area contributed by atoms with Gasteiger partial charge in [-0.1, -0.05) is 0 Å². The van der Waals surface area contributed by atoms with Gasteiger partial charge in [0.2, 0.25) is 0 Å². The third-order valence-corrected chi connectivity index (χ3v) is 2.26. The number of hydrogen-bond donors (Lipinski definition) is 2. The zero-order valence-electron chi connectivity index (χ0n) is 9.60. The van der Waals surface area contributed by atoms with E-state index in [1.54, 1.807) is 19.1 Å². The fraction of sp³-hybridized carbons (Fsp3) is 0.500. The lowest BCUT2D eigenvalue weighted by atomic mass is 10.0. The summed E-state index contributed by atoms with van der Waals surface area (Å²) in [5.41, 5.74) is 7.29. The molecule has 3 N–H and O–H groups in total. The highest BCUT2D eigenvalue weighted by molar-refractivity contribution is 5.45. The molecular formula is C12H19FN2. The van der Waals surface area contributed by atoms with Crippen molar-refractivity contribution in [2.24, 2.45) is 5.73 Å². The van der Waals surface area contributed by atoms with Gasteiger partial charge in [0, 0.05) is 17.8 Å². The fourth-order valence-electron chi connectivity index (χ4n) is 1.28. The van der Waals surface area contributed by atoms with Gasteiger partial charge in [0.1, 0.15) is 5.82 Å². The Hall–Kier alpha value is -1.09. The summed E-state index contributed by atoms with van der Waals surface area (Å²) in [5.74, 6) is -0.167. The van der Waals surface area contributed by atoms with E-state index in [1.807, 2.05) is 13.8 Å². The van der Waals surface area contributed by atoms with Crippen LogP contribution in [0.4, 0.5) is 10.1 Å². The summed E-state index contributed by atoms with van der Waals surface area (Å²) >= 11 is 0. The third-order valence-electron chi connectivity index (χ3n) is 2.26. The van der Waals surface area contributed by atoms with Gasteiger partial charge in [0.15, 0.2) is 0 Å². The van der Waals surface area contributed by atoms with Crippen molar-refractivity contribution in [2.45, 2.75) is 32.7 Å². The van der Waals surface area contributed by atoms with Gasteiger partial charge in [-0.25, -0.2) is 4.39 Å². The molecule has 0 radical (unpaired) electrons. The summed E-state index contributed by atoms with van der Waals surface area (Å²) in [6.45, 7) is 6.54. The lowest BCUT2D eigenvalue weighted by Gasteiger charge is -2.18. The van der Waals surface area contributed by atoms with Crippen molar-refractivity contribution in [3.8, 4) is 0 Å². The molecule has 1 aromatic rings. The maximum atomic E-state index is 13.0. The normalized spacial score (nSPS) is 11.5. The lowest BCUT2D eigenvalue weighted by Crippen LogP contribution is -2.34. The van der Waals surface area contributed by atoms with Crippen LogP contribution < -0.4 is 11.1 Å². The molecular weight excluding hydrogens is 191 g/mol. The van der Waals surface area contributed by atoms with E-state index in [2.05, 4.69) is 5.32 Å². The van der Waals surface area contributed by atoms with Gasteiger partial charge in [-0.3, -0.25) is 0 Å². The quantitative estimate of drug-likeness (QED) is 0.801. The molecule has 0 aromatic heterocycles. The largest absolute Gasteiger partial charge is 0.385 e. The molecule has 0 spiro atoms. The molecule has 0 heterocycles. The molecule has 3 heteroatoms. The van der Waals surface area contributed by atoms with E-state index in [9.17, 15) is 4.39 Å². The number of nitrogens with two attached hydrogens (primary N) is 1. The zero-order valence-corrected chi connectivity index (χ0v) is 9.60. The molecule has 2 nitrogen and oxygen atoms in total. The minimum atomic E-state index is -0.167. The Morgan fingerprint density at radius 3 is 2.60 bits per heavy atom. The third kappa shape index (κ3) is 4.30. The average molecular weight is 210 g/mol. The minimum Gasteiger partial charge on any atom is -0.385 e. The number of halogens is 1. The Kier molecular flexibility index (Phi) is 3.69. The van der Waals surface area contributed by atoms with Gasteiger partial charge in [-0.05, 0) is 51.0 Å². The van der Waals surface area contributed by atoms with E-state index < -0.39 is 0 Å². The van der Waals surface area contributed by atoms with Crippen LogP contribution in [0.15, 0.2) is 18.2 Å². The van der Waals surface area contributed by atoms with Crippen molar-refractivity contribution in [3.05, 3.63) is 29.6 Å². The monoisotopic (exact) mass is 210 g/mol. The first-order valence-electron chi connectivity index (χ1n) is 5.17. The smallest absolute Gasteiger partial charge is 0.126 e. The first kappa shape index (κ1) is 12.0. The van der Waals surface area contributed by atoms with Gasteiger partial charge < -0.3 is 11.1 Å². The van der Waals surface area contributed by atoms with Crippen LogP contribution in [0.2, 0.25) is 0 Å². The summed E-state index contributed by atoms with van der Waals surface area (Å²) in [7, 11) is 0. The maximum absolute atomic E-state index is 13.0. The Labute approximate surface area is 90.7 Å². The van der Waals surface area contributed by atoms with Gasteiger partial charge in [0.25, 0.3) is 0 Å². The minimum absolute atomic E-state index is 0.165. The number of rotatable bonds is 4. The maximum Gasteiger partial charge on any atom is 0.126 e. The zero-order chi connectivity index (χ0) is 11.5. The summed E-state index contributed by atoms with van der Waals surface area (Å²) in [5, 5.41) is 3.22. The first-order valence-corrected chi connectivity index (χ1v) is 5.17. The number of aryl methyl sites for hydroxylation is 1. The standard InChI is InChI=1S/C12H19FN2/c1-9-8-10(4-5-11(9)13)15-7-6-12(2,3)14/h4-5,8,15H,6-7,14H2,1-3H3. The van der Waals surface area contributed by atoms with Crippen molar-refractivity contribution >= 4 is 5.69 Å². The van der Waals surface area contributed by atoms with Gasteiger partial charge in [-0.2, -0.15) is 0 Å². The highest BCUT2D eigenvalue weighted by atomic mass is 19.1. The van der Waals surface area contributed by atoms with Gasteiger partial charge in [0.05, 0.1) is 0 Å². The molecule has 15 heavy (non-hydrogen) atoms. The molecule has 1 aromatic carbocycles. The molecule has 0 saturated heterocycles. The van der Waals surface area contributed by atoms with Gasteiger partial charge >= 0.3 is 0 Å². The van der Waals surface area contributed by atoms with Crippen LogP contribution in [-0.4, -0.2) is 12.1 Å². The van der Waals surface area contributed by atoms with Gasteiger partial charge in [-0.15, -0.1) is 0 Å². The molecule has 0 aliphatic carbocycles. The van der Waals surface area contributed by atoms with Crippen LogP contribution in [-0.2, 0) is 0 Å². The van der Waals surface area contributed by atoms with E-state index in [4.69, 9.17) is 5.73 Å². The highest BCUT2D eigenvalue weighted by Crippen LogP contribution is 2.14. The number of benzene rings is 1. The molecule has 0 bridgehead atoms. The van der Waals surface area contributed by atoms with Crippen LogP contribution in [0.5, 0.6) is 0 Å². The van der Waals surface area contributed by atoms with Crippen LogP contribution in [0, 0.1) is 12.7 Å². The number of nitrogens with one attached hydrogen (secondary N) is 1. The molecule has 0 atom stereocenters. The van der Waals surface area contributed by atoms with Crippen molar-refractivity contribution in [3.63, 3.8) is 0 Å². The average Bonchev–Trinajstić information content (AvgIpc) is 2.09. The first-order chi connectivity index (χ1) is 6.88. The van der Waals surface area contributed by atoms with E-state index in [1.165, 1.54) is 6.07 Å². The summed E-state index contributed by atoms with van der Waals surface area (Å²) in [4.78, 5) is 0. The molecule has 0 fully saturated rings. The second-order valence-electron chi connectivity index (χ2n) is 4.63. The highest BCUT2D eigenvalue weighted by Gasteiger charge is 2.09. The van der Waals surface area contributed by atoms with Crippen LogP contribution in [0.3, 0.4) is 0 Å².